The molecule has 2 heterocycles. The molecule has 3 saturated carbocycles. The van der Waals surface area contributed by atoms with Crippen LogP contribution in [0.3, 0.4) is 0 Å². The van der Waals surface area contributed by atoms with E-state index in [-0.39, 0.29) is 83.2 Å². The van der Waals surface area contributed by atoms with Crippen LogP contribution in [0.5, 0.6) is 23.0 Å². The minimum absolute atomic E-state index is 0.00523. The fourth-order valence-electron chi connectivity index (χ4n) is 17.5. The van der Waals surface area contributed by atoms with Crippen LogP contribution < -0.4 is 35.3 Å². The Morgan fingerprint density at radius 1 is 0.460 bits per heavy atom. The molecule has 19 heteroatoms. The number of fused-ring (bicyclic) bond motifs is 12. The number of non-ortho nitro benzene ring substituents is 1. The summed E-state index contributed by atoms with van der Waals surface area (Å²) in [6.45, 7) is 10.4. The number of carbonyl (C=O) groups is 5. The van der Waals surface area contributed by atoms with Gasteiger partial charge in [-0.05, 0) is 194 Å². The Labute approximate surface area is 587 Å². The van der Waals surface area contributed by atoms with Gasteiger partial charge < -0.3 is 54.6 Å². The van der Waals surface area contributed by atoms with E-state index in [2.05, 4.69) is 49.6 Å². The molecule has 6 aliphatic carbocycles. The van der Waals surface area contributed by atoms with Gasteiger partial charge >= 0.3 is 30.5 Å². The SMILES string of the molecule is C[C@@]12CCCCC[C@@H](Cc3ccc(OC(=O)N4CCCC4)cc31)[C@@H]2N.C[C@@]12CCCCC[C@@H](Cc3ccc(OC(=O)N4CCCC4)cc31)[C@@H]2NC(=O)OCc1ccccc1.C[C@@]12CCCCC[C@@H](Cc3ccc(OC(=O)Oc4ccc([N+](=O)[O-])cc4)cc31)[C@@H]2NC(=O)OCc1ccccc1. The maximum absolute atomic E-state index is 13.0. The molecule has 2 aliphatic heterocycles. The third kappa shape index (κ3) is 16.7. The predicted octanol–water partition coefficient (Wildman–Crippen LogP) is 16.8. The Morgan fingerprint density at radius 3 is 1.26 bits per heavy atom. The zero-order valence-corrected chi connectivity index (χ0v) is 58.3. The molecule has 100 heavy (non-hydrogen) atoms. The Kier molecular flexibility index (Phi) is 22.8. The summed E-state index contributed by atoms with van der Waals surface area (Å²) < 4.78 is 33.4. The van der Waals surface area contributed by atoms with Gasteiger partial charge in [-0.1, -0.05) is 157 Å². The summed E-state index contributed by atoms with van der Waals surface area (Å²) in [6.07, 6.45) is 21.7. The van der Waals surface area contributed by atoms with Crippen molar-refractivity contribution in [3.63, 3.8) is 0 Å². The van der Waals surface area contributed by atoms with Crippen molar-refractivity contribution in [1.82, 2.24) is 20.4 Å². The number of nitrogens with zero attached hydrogens (tertiary/aromatic N) is 3. The first-order chi connectivity index (χ1) is 48.4. The molecular formula is C81H98N6O13. The Balaban J connectivity index is 0.000000146. The molecule has 0 aromatic heterocycles. The Hall–Kier alpha value is -8.97. The quantitative estimate of drug-likeness (QED) is 0.0473. The molecule has 0 radical (unpaired) electrons. The first-order valence-electron chi connectivity index (χ1n) is 36.6. The highest BCUT2D eigenvalue weighted by Gasteiger charge is 2.49. The van der Waals surface area contributed by atoms with Crippen molar-refractivity contribution in [1.29, 1.82) is 0 Å². The zero-order chi connectivity index (χ0) is 69.8. The third-order valence-electron chi connectivity index (χ3n) is 23.0. The third-order valence-corrected chi connectivity index (χ3v) is 23.0. The van der Waals surface area contributed by atoms with Gasteiger partial charge in [0.2, 0.25) is 0 Å². The number of nitro benzene ring substituents is 1. The summed E-state index contributed by atoms with van der Waals surface area (Å²) in [5, 5.41) is 17.3. The van der Waals surface area contributed by atoms with Crippen LogP contribution in [0.25, 0.3) is 0 Å². The Bertz CT molecular complexity index is 3840. The van der Waals surface area contributed by atoms with Gasteiger partial charge in [0, 0.05) is 72.7 Å². The van der Waals surface area contributed by atoms with E-state index in [9.17, 15) is 34.1 Å². The number of likely N-dealkylation sites (tertiary alicyclic amines) is 2. The topological polar surface area (TPSA) is 240 Å². The molecule has 6 bridgehead atoms. The first-order valence-corrected chi connectivity index (χ1v) is 36.6. The maximum Gasteiger partial charge on any atom is 0.519 e. The van der Waals surface area contributed by atoms with Gasteiger partial charge in [0.05, 0.1) is 4.92 Å². The molecule has 14 rings (SSSR count). The smallest absolute Gasteiger partial charge is 0.445 e. The number of ether oxygens (including phenoxy) is 6. The van der Waals surface area contributed by atoms with Crippen molar-refractivity contribution >= 4 is 36.2 Å². The van der Waals surface area contributed by atoms with Gasteiger partial charge in [0.25, 0.3) is 5.69 Å². The van der Waals surface area contributed by atoms with Crippen molar-refractivity contribution in [2.45, 2.75) is 210 Å². The summed E-state index contributed by atoms with van der Waals surface area (Å²) in [5.74, 6) is 2.93. The van der Waals surface area contributed by atoms with Crippen LogP contribution in [-0.4, -0.2) is 89.6 Å². The molecule has 6 aromatic rings. The average molecular weight is 1360 g/mol. The molecule has 0 unspecified atom stereocenters. The van der Waals surface area contributed by atoms with Crippen molar-refractivity contribution in [3.05, 3.63) is 194 Å². The summed E-state index contributed by atoms with van der Waals surface area (Å²) in [7, 11) is 0. The van der Waals surface area contributed by atoms with Crippen LogP contribution in [0.1, 0.15) is 187 Å². The number of nitrogens with one attached hydrogen (secondary N) is 2. The van der Waals surface area contributed by atoms with E-state index in [4.69, 9.17) is 34.2 Å². The number of benzene rings is 6. The Morgan fingerprint density at radius 2 is 0.830 bits per heavy atom. The number of rotatable bonds is 11. The van der Waals surface area contributed by atoms with Crippen LogP contribution in [0.4, 0.5) is 29.7 Å². The van der Waals surface area contributed by atoms with E-state index in [0.717, 1.165) is 146 Å². The predicted molar refractivity (Wildman–Crippen MR) is 381 cm³/mol. The lowest BCUT2D eigenvalue weighted by molar-refractivity contribution is -0.384. The van der Waals surface area contributed by atoms with Crippen molar-refractivity contribution in [3.8, 4) is 23.0 Å². The minimum Gasteiger partial charge on any atom is -0.445 e. The standard InChI is InChI=1S/C31H32N2O7.C29H36N2O4.C21H30N2O2/c1-31-17-7-3-6-10-23(28(31)32-29(34)38-20-21-8-4-2-5-9-21)18-22-11-14-26(19-27(22)31)40-30(35)39-25-15-12-24(13-16-25)33(36)37;1-29-15-7-3-6-12-23(26(29)30-27(32)34-20-21-10-4-2-5-11-21)18-22-13-14-24(19-25(22)29)35-28(33)31-16-8-9-17-31;1-21-10-4-2-3-7-16(19(21)22)13-15-8-9-17(14-18(15)21)25-20(24)23-11-5-6-12-23/h2,4-5,8-9,11-16,19,23,28H,3,6-7,10,17-18,20H2,1H3,(H,32,34);2,4-5,10-11,13-14,19,23,26H,3,6-9,12,15-18,20H2,1H3,(H,30,32);8-9,14,16,19H,2-7,10-13,22H2,1H3/t23-,28-,31+;23-,26-,29+;16-,19-,21+/m000/s1. The molecule has 19 nitrogen and oxygen atoms in total. The van der Waals surface area contributed by atoms with Crippen molar-refractivity contribution < 1.29 is 57.3 Å². The van der Waals surface area contributed by atoms with Gasteiger partial charge in [-0.15, -0.1) is 0 Å². The fourth-order valence-corrected chi connectivity index (χ4v) is 17.5. The highest BCUT2D eigenvalue weighted by molar-refractivity contribution is 5.73. The summed E-state index contributed by atoms with van der Waals surface area (Å²) in [4.78, 5) is 77.2. The lowest BCUT2D eigenvalue weighted by Crippen LogP contribution is -2.57. The van der Waals surface area contributed by atoms with E-state index in [0.29, 0.717) is 29.1 Å². The molecule has 4 N–H and O–H groups in total. The molecule has 8 aliphatic rings. The molecule has 0 spiro atoms. The number of amides is 4. The second kappa shape index (κ2) is 32.1. The number of hydrogen-bond donors (Lipinski definition) is 3. The van der Waals surface area contributed by atoms with Gasteiger partial charge in [0.15, 0.2) is 0 Å². The summed E-state index contributed by atoms with van der Waals surface area (Å²) in [6, 6.07) is 42.5. The van der Waals surface area contributed by atoms with Crippen molar-refractivity contribution in [2.75, 3.05) is 26.2 Å². The number of hydrogen-bond acceptors (Lipinski definition) is 14. The highest BCUT2D eigenvalue weighted by atomic mass is 16.7. The number of nitrogens with two attached hydrogens (primary N) is 1. The number of nitro groups is 1. The second-order valence-corrected chi connectivity index (χ2v) is 29.6. The van der Waals surface area contributed by atoms with Gasteiger partial charge in [0.1, 0.15) is 36.2 Å². The van der Waals surface area contributed by atoms with Crippen LogP contribution in [0.15, 0.2) is 140 Å². The van der Waals surface area contributed by atoms with E-state index in [1.165, 1.54) is 90.6 Å². The fraction of sp³-hybridized carbons (Fsp3) is 0.494. The minimum atomic E-state index is -0.940. The number of alkyl carbamates (subject to hydrolysis) is 2. The summed E-state index contributed by atoms with van der Waals surface area (Å²) in [5.41, 5.74) is 15.3. The molecule has 530 valence electrons. The summed E-state index contributed by atoms with van der Waals surface area (Å²) >= 11 is 0. The first kappa shape index (κ1) is 70.9. The van der Waals surface area contributed by atoms with Gasteiger partial charge in [-0.25, -0.2) is 24.0 Å². The average Bonchev–Trinajstić information content (AvgIpc) is 0.770. The van der Waals surface area contributed by atoms with Crippen LogP contribution in [0.2, 0.25) is 0 Å². The maximum atomic E-state index is 13.0. The van der Waals surface area contributed by atoms with E-state index >= 15 is 0 Å². The largest absolute Gasteiger partial charge is 0.519 e. The second-order valence-electron chi connectivity index (χ2n) is 29.6. The normalized spacial score (nSPS) is 25.6. The van der Waals surface area contributed by atoms with E-state index in [1.807, 2.05) is 91.0 Å². The molecule has 6 aromatic carbocycles. The van der Waals surface area contributed by atoms with Gasteiger partial charge in [-0.3, -0.25) is 10.1 Å². The highest BCUT2D eigenvalue weighted by Crippen LogP contribution is 2.51. The monoisotopic (exact) mass is 1360 g/mol. The van der Waals surface area contributed by atoms with Crippen molar-refractivity contribution in [2.24, 2.45) is 23.5 Å². The molecule has 4 amide bonds. The lowest BCUT2D eigenvalue weighted by atomic mass is 9.59. The molecular weight excluding hydrogens is 1260 g/mol. The van der Waals surface area contributed by atoms with Crippen LogP contribution in [0, 0.1) is 27.9 Å². The van der Waals surface area contributed by atoms with Crippen LogP contribution >= 0.6 is 0 Å². The lowest BCUT2D eigenvalue weighted by Gasteiger charge is -2.49. The van der Waals surface area contributed by atoms with E-state index < -0.39 is 17.2 Å². The molecule has 5 fully saturated rings. The van der Waals surface area contributed by atoms with Crippen LogP contribution in [-0.2, 0) is 58.2 Å². The number of carbonyl (C=O) groups excluding carboxylic acids is 5. The van der Waals surface area contributed by atoms with Gasteiger partial charge in [-0.2, -0.15) is 0 Å². The zero-order valence-electron chi connectivity index (χ0n) is 58.3. The molecule has 9 atom stereocenters. The van der Waals surface area contributed by atoms with E-state index in [1.54, 1.807) is 15.9 Å². The molecule has 2 saturated heterocycles.